The molecule has 3 unspecified atom stereocenters. The first kappa shape index (κ1) is 30.4. The number of esters is 2. The minimum Gasteiger partial charge on any atom is -0.465 e. The molecule has 208 valence electrons. The van der Waals surface area contributed by atoms with Gasteiger partial charge in [0.15, 0.2) is 17.3 Å². The van der Waals surface area contributed by atoms with Crippen molar-refractivity contribution in [2.75, 3.05) is 31.9 Å². The highest BCUT2D eigenvalue weighted by Crippen LogP contribution is 2.44. The molecule has 14 nitrogen and oxygen atoms in total. The Morgan fingerprint density at radius 3 is 2.43 bits per heavy atom. The summed E-state index contributed by atoms with van der Waals surface area (Å²) in [6.07, 6.45) is 2.88. The van der Waals surface area contributed by atoms with Crippen molar-refractivity contribution >= 4 is 36.6 Å². The molecule has 2 rings (SSSR count). The van der Waals surface area contributed by atoms with Crippen molar-refractivity contribution in [2.45, 2.75) is 72.1 Å². The van der Waals surface area contributed by atoms with E-state index in [-0.39, 0.29) is 43.5 Å². The molecule has 0 aliphatic rings. The van der Waals surface area contributed by atoms with Gasteiger partial charge in [-0.05, 0) is 26.7 Å². The minimum atomic E-state index is -3.88. The van der Waals surface area contributed by atoms with Crippen LogP contribution in [-0.4, -0.2) is 69.8 Å². The highest BCUT2D eigenvalue weighted by atomic mass is 31.2. The van der Waals surface area contributed by atoms with Crippen LogP contribution in [-0.2, 0) is 39.4 Å². The molecular formula is C22H37N6O8P. The van der Waals surface area contributed by atoms with Gasteiger partial charge in [0.2, 0.25) is 5.95 Å². The number of imidazole rings is 1. The van der Waals surface area contributed by atoms with Crippen molar-refractivity contribution in [3.05, 3.63) is 16.7 Å². The lowest BCUT2D eigenvalue weighted by atomic mass is 10.3. The molecule has 0 spiro atoms. The zero-order valence-corrected chi connectivity index (χ0v) is 22.6. The number of anilines is 1. The molecular weight excluding hydrogens is 507 g/mol. The number of nitrogens with zero attached hydrogens (tertiary/aromatic N) is 3. The van der Waals surface area contributed by atoms with Crippen molar-refractivity contribution in [1.29, 1.82) is 0 Å². The number of nitrogen functional groups attached to an aromatic ring is 1. The van der Waals surface area contributed by atoms with Gasteiger partial charge in [-0.1, -0.05) is 26.7 Å². The van der Waals surface area contributed by atoms with Crippen molar-refractivity contribution in [3.63, 3.8) is 0 Å². The van der Waals surface area contributed by atoms with Crippen molar-refractivity contribution in [1.82, 2.24) is 24.6 Å². The van der Waals surface area contributed by atoms with Crippen LogP contribution in [0.5, 0.6) is 0 Å². The molecule has 0 saturated heterocycles. The van der Waals surface area contributed by atoms with Gasteiger partial charge in [0.1, 0.15) is 12.4 Å². The van der Waals surface area contributed by atoms with E-state index >= 15 is 0 Å². The van der Waals surface area contributed by atoms with Gasteiger partial charge < -0.3 is 29.0 Å². The Morgan fingerprint density at radius 2 is 1.78 bits per heavy atom. The Balaban J connectivity index is 2.04. The Labute approximate surface area is 215 Å². The predicted octanol–water partition coefficient (Wildman–Crippen LogP) is 1.94. The van der Waals surface area contributed by atoms with Gasteiger partial charge in [0, 0.05) is 6.54 Å². The van der Waals surface area contributed by atoms with E-state index in [4.69, 9.17) is 24.5 Å². The van der Waals surface area contributed by atoms with Crippen LogP contribution in [0.1, 0.15) is 53.4 Å². The maximum Gasteiger partial charge on any atom is 0.335 e. The summed E-state index contributed by atoms with van der Waals surface area (Å²) in [4.78, 5) is 47.0. The average molecular weight is 545 g/mol. The smallest absolute Gasteiger partial charge is 0.335 e. The van der Waals surface area contributed by atoms with E-state index in [9.17, 15) is 18.9 Å². The van der Waals surface area contributed by atoms with E-state index in [0.29, 0.717) is 12.8 Å². The minimum absolute atomic E-state index is 0.0273. The maximum atomic E-state index is 13.6. The van der Waals surface area contributed by atoms with Crippen molar-refractivity contribution in [2.24, 2.45) is 0 Å². The Kier molecular flexibility index (Phi) is 12.2. The third-order valence-electron chi connectivity index (χ3n) is 5.12. The lowest BCUT2D eigenvalue weighted by Gasteiger charge is -2.25. The van der Waals surface area contributed by atoms with Gasteiger partial charge in [-0.2, -0.15) is 4.98 Å². The number of hydrogen-bond donors (Lipinski definition) is 3. The van der Waals surface area contributed by atoms with Gasteiger partial charge in [-0.3, -0.25) is 19.1 Å². The van der Waals surface area contributed by atoms with Crippen molar-refractivity contribution in [3.8, 4) is 0 Å². The third-order valence-corrected chi connectivity index (χ3v) is 7.08. The molecule has 0 fully saturated rings. The molecule has 0 amide bonds. The summed E-state index contributed by atoms with van der Waals surface area (Å²) in [5, 5.41) is 2.64. The summed E-state index contributed by atoms with van der Waals surface area (Å²) in [7, 11) is -3.88. The normalized spacial score (nSPS) is 14.7. The molecule has 0 aliphatic carbocycles. The number of unbranched alkanes of at least 4 members (excludes halogenated alkanes) is 2. The molecule has 0 saturated carbocycles. The molecule has 0 aliphatic heterocycles. The number of H-pyrrole nitrogens is 1. The quantitative estimate of drug-likeness (QED) is 0.149. The lowest BCUT2D eigenvalue weighted by Crippen LogP contribution is -2.36. The monoisotopic (exact) mass is 544 g/mol. The summed E-state index contributed by atoms with van der Waals surface area (Å²) < 4.78 is 36.6. The molecule has 2 heterocycles. The zero-order valence-electron chi connectivity index (χ0n) is 21.7. The SMILES string of the molecule is CCCCOC(=O)C(C)NP(=O)(COCCn1cnc2c(=O)[nH]c(N)nc21)OC(C)C(=O)OCCCC. The van der Waals surface area contributed by atoms with Crippen LogP contribution < -0.4 is 16.4 Å². The van der Waals surface area contributed by atoms with Gasteiger partial charge in [0.05, 0.1) is 26.1 Å². The van der Waals surface area contributed by atoms with Gasteiger partial charge in [-0.25, -0.2) is 14.9 Å². The summed E-state index contributed by atoms with van der Waals surface area (Å²) in [6.45, 7) is 7.51. The fourth-order valence-electron chi connectivity index (χ4n) is 3.10. The highest BCUT2D eigenvalue weighted by molar-refractivity contribution is 7.56. The summed E-state index contributed by atoms with van der Waals surface area (Å²) >= 11 is 0. The lowest BCUT2D eigenvalue weighted by molar-refractivity contribution is -0.151. The number of aromatic nitrogens is 4. The molecule has 4 N–H and O–H groups in total. The highest BCUT2D eigenvalue weighted by Gasteiger charge is 2.34. The second kappa shape index (κ2) is 14.8. The molecule has 37 heavy (non-hydrogen) atoms. The van der Waals surface area contributed by atoms with Gasteiger partial charge in [-0.15, -0.1) is 0 Å². The first-order chi connectivity index (χ1) is 17.6. The maximum absolute atomic E-state index is 13.6. The van der Waals surface area contributed by atoms with E-state index in [1.807, 2.05) is 13.8 Å². The van der Waals surface area contributed by atoms with Crippen LogP contribution in [0.4, 0.5) is 5.95 Å². The van der Waals surface area contributed by atoms with Crippen LogP contribution >= 0.6 is 7.52 Å². The predicted molar refractivity (Wildman–Crippen MR) is 136 cm³/mol. The molecule has 15 heteroatoms. The topological polar surface area (TPSA) is 190 Å². The Bertz CT molecular complexity index is 1100. The van der Waals surface area contributed by atoms with Crippen LogP contribution in [0.25, 0.3) is 11.2 Å². The summed E-state index contributed by atoms with van der Waals surface area (Å²) in [5.41, 5.74) is 5.53. The van der Waals surface area contributed by atoms with E-state index < -0.39 is 43.5 Å². The van der Waals surface area contributed by atoms with Gasteiger partial charge in [0.25, 0.3) is 13.1 Å². The average Bonchev–Trinajstić information content (AvgIpc) is 3.24. The fourth-order valence-corrected chi connectivity index (χ4v) is 4.96. The van der Waals surface area contributed by atoms with E-state index in [2.05, 4.69) is 20.0 Å². The van der Waals surface area contributed by atoms with Crippen molar-refractivity contribution < 1.29 is 32.9 Å². The van der Waals surface area contributed by atoms with Gasteiger partial charge >= 0.3 is 11.9 Å². The Morgan fingerprint density at radius 1 is 1.14 bits per heavy atom. The fraction of sp³-hybridized carbons (Fsp3) is 0.682. The van der Waals surface area contributed by atoms with Crippen LogP contribution in [0, 0.1) is 0 Å². The second-order valence-electron chi connectivity index (χ2n) is 8.41. The van der Waals surface area contributed by atoms with E-state index in [1.54, 1.807) is 4.57 Å². The number of aromatic amines is 1. The second-order valence-corrected chi connectivity index (χ2v) is 10.5. The standard InChI is InChI=1S/C22H37N6O8P/c1-5-7-10-34-20(30)15(3)27-37(32,36-16(4)21(31)35-11-8-6-2)14-33-12-9-28-13-24-17-18(28)25-22(23)26-19(17)29/h13,15-16H,5-12,14H2,1-4H3,(H,27,32)(H3,23,25,26,29). The Hall–Kier alpha value is -2.80. The number of carbonyl (C=O) groups excluding carboxylic acids is 2. The molecule has 2 aromatic rings. The summed E-state index contributed by atoms with van der Waals surface area (Å²) in [6, 6.07) is -0.980. The van der Waals surface area contributed by atoms with Crippen LogP contribution in [0.15, 0.2) is 11.1 Å². The number of ether oxygens (including phenoxy) is 3. The third kappa shape index (κ3) is 9.54. The molecule has 3 atom stereocenters. The number of carbonyl (C=O) groups is 2. The zero-order chi connectivity index (χ0) is 27.4. The van der Waals surface area contributed by atoms with Crippen LogP contribution in [0.3, 0.4) is 0 Å². The largest absolute Gasteiger partial charge is 0.465 e. The number of fused-ring (bicyclic) bond motifs is 1. The van der Waals surface area contributed by atoms with E-state index in [0.717, 1.165) is 12.8 Å². The molecule has 0 bridgehead atoms. The first-order valence-electron chi connectivity index (χ1n) is 12.3. The van der Waals surface area contributed by atoms with Crippen LogP contribution in [0.2, 0.25) is 0 Å². The number of rotatable bonds is 17. The first-order valence-corrected chi connectivity index (χ1v) is 14.1. The summed E-state index contributed by atoms with van der Waals surface area (Å²) in [5.74, 6) is -1.33. The molecule has 0 radical (unpaired) electrons. The number of hydrogen-bond acceptors (Lipinski definition) is 11. The molecule has 0 aromatic carbocycles. The molecule has 2 aromatic heterocycles. The van der Waals surface area contributed by atoms with E-state index in [1.165, 1.54) is 20.2 Å². The number of nitrogens with one attached hydrogen (secondary N) is 2. The number of nitrogens with two attached hydrogens (primary N) is 1.